The molecular formula is C16H18N4O3. The topological polar surface area (TPSA) is 79.5 Å². The first-order chi connectivity index (χ1) is 11.1. The van der Waals surface area contributed by atoms with Crippen LogP contribution in [0.3, 0.4) is 0 Å². The highest BCUT2D eigenvalue weighted by atomic mass is 16.3. The summed E-state index contributed by atoms with van der Waals surface area (Å²) in [5.41, 5.74) is 1.14. The highest BCUT2D eigenvalue weighted by molar-refractivity contribution is 5.95. The zero-order valence-corrected chi connectivity index (χ0v) is 12.9. The van der Waals surface area contributed by atoms with Gasteiger partial charge in [0.2, 0.25) is 5.78 Å². The fraction of sp³-hybridized carbons (Fsp3) is 0.375. The minimum Gasteiger partial charge on any atom is -0.461 e. The molecule has 23 heavy (non-hydrogen) atoms. The van der Waals surface area contributed by atoms with Crippen molar-refractivity contribution in [2.24, 2.45) is 0 Å². The molecule has 0 saturated carbocycles. The van der Waals surface area contributed by atoms with Gasteiger partial charge >= 0.3 is 0 Å². The fourth-order valence-corrected chi connectivity index (χ4v) is 2.49. The molecule has 0 unspecified atom stereocenters. The molecule has 0 atom stereocenters. The quantitative estimate of drug-likeness (QED) is 0.784. The SMILES string of the molecule is Cc1cnc(C(=O)N2CCN(CC(=O)c3ccco3)CC2)cn1. The molecule has 0 N–H and O–H groups in total. The summed E-state index contributed by atoms with van der Waals surface area (Å²) in [5.74, 6) is 0.215. The maximum absolute atomic E-state index is 12.3. The third kappa shape index (κ3) is 3.62. The van der Waals surface area contributed by atoms with E-state index in [4.69, 9.17) is 4.42 Å². The van der Waals surface area contributed by atoms with E-state index in [9.17, 15) is 9.59 Å². The van der Waals surface area contributed by atoms with Gasteiger partial charge in [0.25, 0.3) is 5.91 Å². The molecule has 3 heterocycles. The van der Waals surface area contributed by atoms with Crippen molar-refractivity contribution in [1.29, 1.82) is 0 Å². The first-order valence-electron chi connectivity index (χ1n) is 7.50. The number of piperazine rings is 1. The fourth-order valence-electron chi connectivity index (χ4n) is 2.49. The van der Waals surface area contributed by atoms with Gasteiger partial charge in [-0.15, -0.1) is 0 Å². The van der Waals surface area contributed by atoms with Gasteiger partial charge in [0.05, 0.1) is 24.7 Å². The second-order valence-electron chi connectivity index (χ2n) is 5.51. The first kappa shape index (κ1) is 15.4. The van der Waals surface area contributed by atoms with Crippen LogP contribution in [-0.4, -0.2) is 64.2 Å². The summed E-state index contributed by atoms with van der Waals surface area (Å²) in [5, 5.41) is 0. The average molecular weight is 314 g/mol. The van der Waals surface area contributed by atoms with Crippen molar-refractivity contribution in [2.45, 2.75) is 6.92 Å². The number of hydrogen-bond acceptors (Lipinski definition) is 6. The predicted molar refractivity (Wildman–Crippen MR) is 82.2 cm³/mol. The number of hydrogen-bond donors (Lipinski definition) is 0. The summed E-state index contributed by atoms with van der Waals surface area (Å²) in [6.07, 6.45) is 4.59. The summed E-state index contributed by atoms with van der Waals surface area (Å²) < 4.78 is 5.11. The molecule has 2 aromatic rings. The maximum atomic E-state index is 12.3. The summed E-state index contributed by atoms with van der Waals surface area (Å²) in [6, 6.07) is 3.37. The van der Waals surface area contributed by atoms with Gasteiger partial charge in [-0.3, -0.25) is 19.5 Å². The molecule has 2 aromatic heterocycles. The normalized spacial score (nSPS) is 15.6. The van der Waals surface area contributed by atoms with Gasteiger partial charge in [-0.25, -0.2) is 4.98 Å². The number of aryl methyl sites for hydroxylation is 1. The number of nitrogens with zero attached hydrogens (tertiary/aromatic N) is 4. The zero-order valence-electron chi connectivity index (χ0n) is 12.9. The van der Waals surface area contributed by atoms with Crippen molar-refractivity contribution in [3.63, 3.8) is 0 Å². The molecule has 1 amide bonds. The number of aromatic nitrogens is 2. The van der Waals surface area contributed by atoms with E-state index in [1.165, 1.54) is 12.5 Å². The molecule has 1 aliphatic rings. The lowest BCUT2D eigenvalue weighted by Gasteiger charge is -2.33. The van der Waals surface area contributed by atoms with E-state index in [1.54, 1.807) is 23.2 Å². The van der Waals surface area contributed by atoms with Gasteiger partial charge in [-0.05, 0) is 19.1 Å². The monoisotopic (exact) mass is 314 g/mol. The molecule has 120 valence electrons. The summed E-state index contributed by atoms with van der Waals surface area (Å²) >= 11 is 0. The number of carbonyl (C=O) groups excluding carboxylic acids is 2. The molecule has 7 nitrogen and oxygen atoms in total. The Balaban J connectivity index is 1.53. The summed E-state index contributed by atoms with van der Waals surface area (Å²) in [4.78, 5) is 36.3. The molecule has 1 aliphatic heterocycles. The van der Waals surface area contributed by atoms with Crippen LogP contribution in [0.2, 0.25) is 0 Å². The van der Waals surface area contributed by atoms with E-state index < -0.39 is 0 Å². The van der Waals surface area contributed by atoms with Crippen LogP contribution in [0.5, 0.6) is 0 Å². The number of amides is 1. The number of ketones is 1. The molecule has 3 rings (SSSR count). The van der Waals surface area contributed by atoms with Crippen LogP contribution in [0.1, 0.15) is 26.7 Å². The van der Waals surface area contributed by atoms with Crippen LogP contribution in [0.4, 0.5) is 0 Å². The van der Waals surface area contributed by atoms with Gasteiger partial charge in [-0.2, -0.15) is 0 Å². The first-order valence-corrected chi connectivity index (χ1v) is 7.50. The van der Waals surface area contributed by atoms with Crippen LogP contribution in [-0.2, 0) is 0 Å². The molecule has 0 aromatic carbocycles. The average Bonchev–Trinajstić information content (AvgIpc) is 3.10. The molecule has 0 radical (unpaired) electrons. The van der Waals surface area contributed by atoms with Gasteiger partial charge in [-0.1, -0.05) is 0 Å². The molecule has 7 heteroatoms. The molecule has 0 bridgehead atoms. The van der Waals surface area contributed by atoms with Gasteiger partial charge in [0.15, 0.2) is 5.76 Å². The van der Waals surface area contributed by atoms with Crippen molar-refractivity contribution in [1.82, 2.24) is 19.8 Å². The Labute approximate surface area is 133 Å². The lowest BCUT2D eigenvalue weighted by molar-refractivity contribution is 0.0614. The molecule has 0 aliphatic carbocycles. The molecular weight excluding hydrogens is 296 g/mol. The number of Topliss-reactive ketones (excluding diaryl/α,β-unsaturated/α-hetero) is 1. The Morgan fingerprint density at radius 2 is 1.96 bits per heavy atom. The van der Waals surface area contributed by atoms with Crippen LogP contribution in [0, 0.1) is 6.92 Å². The highest BCUT2D eigenvalue weighted by Crippen LogP contribution is 2.09. The summed E-state index contributed by atoms with van der Waals surface area (Å²) in [6.45, 7) is 4.57. The second-order valence-corrected chi connectivity index (χ2v) is 5.51. The van der Waals surface area contributed by atoms with Crippen LogP contribution in [0.15, 0.2) is 35.2 Å². The summed E-state index contributed by atoms with van der Waals surface area (Å²) in [7, 11) is 0. The Morgan fingerprint density at radius 3 is 2.57 bits per heavy atom. The standard InChI is InChI=1S/C16H18N4O3/c1-12-9-18-13(10-17-12)16(22)20-6-4-19(5-7-20)11-14(21)15-3-2-8-23-15/h2-3,8-10H,4-7,11H2,1H3. The second kappa shape index (κ2) is 6.70. The third-order valence-electron chi connectivity index (χ3n) is 3.82. The van der Waals surface area contributed by atoms with E-state index in [0.717, 1.165) is 5.69 Å². The lowest BCUT2D eigenvalue weighted by atomic mass is 10.2. The highest BCUT2D eigenvalue weighted by Gasteiger charge is 2.24. The van der Waals surface area contributed by atoms with E-state index in [0.29, 0.717) is 44.2 Å². The van der Waals surface area contributed by atoms with Crippen molar-refractivity contribution in [3.05, 3.63) is 47.9 Å². The number of carbonyl (C=O) groups is 2. The zero-order chi connectivity index (χ0) is 16.2. The maximum Gasteiger partial charge on any atom is 0.274 e. The van der Waals surface area contributed by atoms with E-state index in [2.05, 4.69) is 9.97 Å². The van der Waals surface area contributed by atoms with Crippen LogP contribution in [0.25, 0.3) is 0 Å². The van der Waals surface area contributed by atoms with E-state index in [-0.39, 0.29) is 11.7 Å². The third-order valence-corrected chi connectivity index (χ3v) is 3.82. The largest absolute Gasteiger partial charge is 0.461 e. The Kier molecular flexibility index (Phi) is 4.47. The van der Waals surface area contributed by atoms with Gasteiger partial charge in [0, 0.05) is 32.4 Å². The van der Waals surface area contributed by atoms with E-state index in [1.807, 2.05) is 11.8 Å². The smallest absolute Gasteiger partial charge is 0.274 e. The Morgan fingerprint density at radius 1 is 1.17 bits per heavy atom. The van der Waals surface area contributed by atoms with Gasteiger partial charge in [0.1, 0.15) is 5.69 Å². The minimum absolute atomic E-state index is 0.0424. The number of furan rings is 1. The lowest BCUT2D eigenvalue weighted by Crippen LogP contribution is -2.50. The minimum atomic E-state index is -0.116. The van der Waals surface area contributed by atoms with Crippen LogP contribution < -0.4 is 0 Å². The van der Waals surface area contributed by atoms with Crippen molar-refractivity contribution in [3.8, 4) is 0 Å². The molecule has 0 spiro atoms. The van der Waals surface area contributed by atoms with Crippen molar-refractivity contribution in [2.75, 3.05) is 32.7 Å². The van der Waals surface area contributed by atoms with Gasteiger partial charge < -0.3 is 9.32 Å². The van der Waals surface area contributed by atoms with Crippen molar-refractivity contribution >= 4 is 11.7 Å². The number of rotatable bonds is 4. The predicted octanol–water partition coefficient (Wildman–Crippen LogP) is 1.02. The Hall–Kier alpha value is -2.54. The molecule has 1 fully saturated rings. The van der Waals surface area contributed by atoms with Crippen LogP contribution >= 0.6 is 0 Å². The van der Waals surface area contributed by atoms with Crippen molar-refractivity contribution < 1.29 is 14.0 Å². The Bertz CT molecular complexity index is 674. The van der Waals surface area contributed by atoms with E-state index >= 15 is 0 Å². The molecule has 1 saturated heterocycles.